The quantitative estimate of drug-likeness (QED) is 0.0262. The number of allylic oxidation sites excluding steroid dienone is 6. The van der Waals surface area contributed by atoms with E-state index in [1.807, 2.05) is 0 Å². The van der Waals surface area contributed by atoms with Gasteiger partial charge in [-0.2, -0.15) is 0 Å². The summed E-state index contributed by atoms with van der Waals surface area (Å²) >= 11 is 0. The molecule has 0 radical (unpaired) electrons. The second-order valence-corrected chi connectivity index (χ2v) is 19.2. The molecular weight excluding hydrogens is 805 g/mol. The molecule has 0 aliphatic carbocycles. The molecule has 0 aliphatic heterocycles. The number of esters is 3. The summed E-state index contributed by atoms with van der Waals surface area (Å²) < 4.78 is 16.9. The van der Waals surface area contributed by atoms with Crippen LogP contribution in [0.2, 0.25) is 0 Å². The molecule has 0 bridgehead atoms. The van der Waals surface area contributed by atoms with Crippen LogP contribution >= 0.6 is 0 Å². The van der Waals surface area contributed by atoms with Crippen molar-refractivity contribution in [1.29, 1.82) is 0 Å². The number of hydrogen-bond acceptors (Lipinski definition) is 6. The zero-order valence-electron chi connectivity index (χ0n) is 43.5. The molecule has 0 saturated carbocycles. The molecule has 0 rings (SSSR count). The van der Waals surface area contributed by atoms with Gasteiger partial charge in [0.2, 0.25) is 0 Å². The lowest BCUT2D eigenvalue weighted by Gasteiger charge is -2.18. The molecule has 0 heterocycles. The van der Waals surface area contributed by atoms with Gasteiger partial charge >= 0.3 is 17.9 Å². The van der Waals surface area contributed by atoms with Crippen molar-refractivity contribution >= 4 is 17.9 Å². The molecule has 0 atom stereocenters. The van der Waals surface area contributed by atoms with E-state index in [1.165, 1.54) is 205 Å². The molecule has 0 saturated heterocycles. The van der Waals surface area contributed by atoms with Crippen LogP contribution in [0.15, 0.2) is 36.5 Å². The van der Waals surface area contributed by atoms with Crippen LogP contribution in [0.4, 0.5) is 0 Å². The molecule has 6 heteroatoms. The minimum atomic E-state index is -0.776. The van der Waals surface area contributed by atoms with Gasteiger partial charge in [0.15, 0.2) is 6.10 Å². The van der Waals surface area contributed by atoms with E-state index in [0.29, 0.717) is 19.3 Å². The Kier molecular flexibility index (Phi) is 52.3. The average Bonchev–Trinajstić information content (AvgIpc) is 3.30. The largest absolute Gasteiger partial charge is 0.462 e. The normalized spacial score (nSPS) is 11.8. The summed E-state index contributed by atoms with van der Waals surface area (Å²) in [5.74, 6) is -0.874. The van der Waals surface area contributed by atoms with Gasteiger partial charge in [-0.25, -0.2) is 0 Å². The maximum atomic E-state index is 12.8. The van der Waals surface area contributed by atoms with E-state index in [1.54, 1.807) is 0 Å². The van der Waals surface area contributed by atoms with E-state index >= 15 is 0 Å². The molecule has 0 amide bonds. The fourth-order valence-corrected chi connectivity index (χ4v) is 8.25. The third-order valence-corrected chi connectivity index (χ3v) is 12.6. The maximum Gasteiger partial charge on any atom is 0.306 e. The first-order valence-electron chi connectivity index (χ1n) is 28.5. The smallest absolute Gasteiger partial charge is 0.306 e. The zero-order valence-corrected chi connectivity index (χ0v) is 43.5. The predicted octanol–water partition coefficient (Wildman–Crippen LogP) is 18.9. The number of hydrogen-bond donors (Lipinski definition) is 0. The predicted molar refractivity (Wildman–Crippen MR) is 279 cm³/mol. The van der Waals surface area contributed by atoms with Gasteiger partial charge in [0.1, 0.15) is 13.2 Å². The highest BCUT2D eigenvalue weighted by molar-refractivity contribution is 5.71. The van der Waals surface area contributed by atoms with Crippen LogP contribution in [0.3, 0.4) is 0 Å². The van der Waals surface area contributed by atoms with E-state index in [9.17, 15) is 14.4 Å². The van der Waals surface area contributed by atoms with Crippen LogP contribution in [-0.2, 0) is 28.6 Å². The third-order valence-electron chi connectivity index (χ3n) is 12.6. The molecule has 0 aromatic carbocycles. The van der Waals surface area contributed by atoms with E-state index < -0.39 is 6.10 Å². The fraction of sp³-hybridized carbons (Fsp3) is 0.847. The molecule has 6 nitrogen and oxygen atoms in total. The number of carbonyl (C=O) groups is 3. The van der Waals surface area contributed by atoms with E-state index in [4.69, 9.17) is 14.2 Å². The second kappa shape index (κ2) is 54.2. The van der Waals surface area contributed by atoms with Gasteiger partial charge in [-0.05, 0) is 96.3 Å². The lowest BCUT2D eigenvalue weighted by Crippen LogP contribution is -2.30. The Morgan fingerprint density at radius 2 is 0.508 bits per heavy atom. The minimum Gasteiger partial charge on any atom is -0.462 e. The van der Waals surface area contributed by atoms with Crippen LogP contribution in [0.25, 0.3) is 0 Å². The van der Waals surface area contributed by atoms with Crippen LogP contribution < -0.4 is 0 Å². The van der Waals surface area contributed by atoms with Crippen molar-refractivity contribution in [3.05, 3.63) is 36.5 Å². The summed E-state index contributed by atoms with van der Waals surface area (Å²) in [6.07, 6.45) is 64.1. The molecule has 0 unspecified atom stereocenters. The van der Waals surface area contributed by atoms with Gasteiger partial charge in [-0.15, -0.1) is 0 Å². The van der Waals surface area contributed by atoms with Crippen molar-refractivity contribution in [2.24, 2.45) is 0 Å². The Hall–Kier alpha value is -2.37. The van der Waals surface area contributed by atoms with Crippen LogP contribution in [-0.4, -0.2) is 37.2 Å². The SMILES string of the molecule is CCCCCC/C=C\CCCCCCCCCC(=O)OCC(COC(=O)CCCCCCCCC/C=C\CCCCCC)OC(=O)CCCCCCCCC/C=C\CCCCCCCC. The fourth-order valence-electron chi connectivity index (χ4n) is 8.25. The lowest BCUT2D eigenvalue weighted by atomic mass is 10.1. The minimum absolute atomic E-state index is 0.0754. The molecule has 0 aliphatic rings. The Morgan fingerprint density at radius 3 is 0.785 bits per heavy atom. The number of ether oxygens (including phenoxy) is 3. The molecule has 380 valence electrons. The van der Waals surface area contributed by atoms with Gasteiger partial charge in [0.05, 0.1) is 0 Å². The number of carbonyl (C=O) groups excluding carboxylic acids is 3. The maximum absolute atomic E-state index is 12.8. The van der Waals surface area contributed by atoms with E-state index in [-0.39, 0.29) is 31.1 Å². The molecule has 0 aromatic rings. The van der Waals surface area contributed by atoms with Crippen molar-refractivity contribution in [3.8, 4) is 0 Å². The van der Waals surface area contributed by atoms with Gasteiger partial charge in [0.25, 0.3) is 0 Å². The lowest BCUT2D eigenvalue weighted by molar-refractivity contribution is -0.167. The third kappa shape index (κ3) is 52.5. The number of rotatable bonds is 52. The van der Waals surface area contributed by atoms with Crippen molar-refractivity contribution < 1.29 is 28.6 Å². The van der Waals surface area contributed by atoms with Crippen molar-refractivity contribution in [2.75, 3.05) is 13.2 Å². The van der Waals surface area contributed by atoms with Gasteiger partial charge < -0.3 is 14.2 Å². The average molecular weight is 914 g/mol. The molecule has 0 aromatic heterocycles. The van der Waals surface area contributed by atoms with Gasteiger partial charge in [0, 0.05) is 19.3 Å². The van der Waals surface area contributed by atoms with Crippen molar-refractivity contribution in [1.82, 2.24) is 0 Å². The zero-order chi connectivity index (χ0) is 47.2. The Bertz CT molecular complexity index is 1040. The molecule has 0 N–H and O–H groups in total. The molecule has 0 fully saturated rings. The van der Waals surface area contributed by atoms with E-state index in [2.05, 4.69) is 57.2 Å². The highest BCUT2D eigenvalue weighted by Crippen LogP contribution is 2.15. The van der Waals surface area contributed by atoms with Crippen LogP contribution in [0.1, 0.15) is 303 Å². The summed E-state index contributed by atoms with van der Waals surface area (Å²) in [6.45, 7) is 6.63. The summed E-state index contributed by atoms with van der Waals surface area (Å²) in [5.41, 5.74) is 0. The van der Waals surface area contributed by atoms with Crippen molar-refractivity contribution in [2.45, 2.75) is 309 Å². The van der Waals surface area contributed by atoms with Gasteiger partial charge in [-0.1, -0.05) is 224 Å². The Balaban J connectivity index is 4.37. The highest BCUT2D eigenvalue weighted by atomic mass is 16.6. The van der Waals surface area contributed by atoms with Crippen LogP contribution in [0, 0.1) is 0 Å². The summed E-state index contributed by atoms with van der Waals surface area (Å²) in [4.78, 5) is 38.1. The summed E-state index contributed by atoms with van der Waals surface area (Å²) in [5, 5.41) is 0. The summed E-state index contributed by atoms with van der Waals surface area (Å²) in [6, 6.07) is 0. The monoisotopic (exact) mass is 913 g/mol. The van der Waals surface area contributed by atoms with Gasteiger partial charge in [-0.3, -0.25) is 14.4 Å². The first kappa shape index (κ1) is 62.6. The first-order valence-corrected chi connectivity index (χ1v) is 28.5. The second-order valence-electron chi connectivity index (χ2n) is 19.2. The standard InChI is InChI=1S/C59H108O6/c1-4-7-10-13-16-19-22-25-28-29-32-35-38-41-44-47-50-53-59(62)65-56(54-63-57(60)51-48-45-42-39-36-33-30-26-23-20-17-14-11-8-5-2)55-64-58(61)52-49-46-43-40-37-34-31-27-24-21-18-15-12-9-6-3/h20-21,23-25,28,56H,4-19,22,26-27,29-55H2,1-3H3/b23-20-,24-21-,28-25-. The summed E-state index contributed by atoms with van der Waals surface area (Å²) in [7, 11) is 0. The molecular formula is C59H108O6. The highest BCUT2D eigenvalue weighted by Gasteiger charge is 2.19. The Labute approximate surface area is 404 Å². The van der Waals surface area contributed by atoms with Crippen molar-refractivity contribution in [3.63, 3.8) is 0 Å². The first-order chi connectivity index (χ1) is 32.0. The Morgan fingerprint density at radius 1 is 0.292 bits per heavy atom. The van der Waals surface area contributed by atoms with Crippen LogP contribution in [0.5, 0.6) is 0 Å². The van der Waals surface area contributed by atoms with E-state index in [0.717, 1.165) is 57.8 Å². The topological polar surface area (TPSA) is 78.9 Å². The molecule has 0 spiro atoms. The number of unbranched alkanes of at least 4 members (excludes halogenated alkanes) is 35. The molecule has 65 heavy (non-hydrogen) atoms.